The van der Waals surface area contributed by atoms with Crippen molar-refractivity contribution in [2.45, 2.75) is 13.5 Å². The van der Waals surface area contributed by atoms with Crippen molar-refractivity contribution in [1.29, 1.82) is 0 Å². The van der Waals surface area contributed by atoms with E-state index in [2.05, 4.69) is 5.10 Å². The SMILES string of the molecule is Cc1c(C(=O)O)c(C(=O)O)nn1Cc1ccccc1. The Labute approximate surface area is 108 Å². The van der Waals surface area contributed by atoms with Gasteiger partial charge >= 0.3 is 11.9 Å². The first-order valence-electron chi connectivity index (χ1n) is 5.58. The highest BCUT2D eigenvalue weighted by atomic mass is 16.4. The molecule has 0 spiro atoms. The molecule has 0 aliphatic rings. The van der Waals surface area contributed by atoms with E-state index in [-0.39, 0.29) is 5.56 Å². The molecule has 1 heterocycles. The summed E-state index contributed by atoms with van der Waals surface area (Å²) in [7, 11) is 0. The van der Waals surface area contributed by atoms with E-state index in [0.717, 1.165) is 5.56 Å². The number of hydrogen-bond acceptors (Lipinski definition) is 3. The van der Waals surface area contributed by atoms with Gasteiger partial charge in [-0.1, -0.05) is 30.3 Å². The van der Waals surface area contributed by atoms with E-state index in [0.29, 0.717) is 12.2 Å². The van der Waals surface area contributed by atoms with Crippen molar-refractivity contribution in [1.82, 2.24) is 9.78 Å². The smallest absolute Gasteiger partial charge is 0.357 e. The van der Waals surface area contributed by atoms with Gasteiger partial charge in [-0.3, -0.25) is 4.68 Å². The quantitative estimate of drug-likeness (QED) is 0.871. The lowest BCUT2D eigenvalue weighted by Gasteiger charge is -2.04. The number of nitrogens with zero attached hydrogens (tertiary/aromatic N) is 2. The molecule has 0 saturated carbocycles. The number of carbonyl (C=O) groups is 2. The molecule has 1 aromatic heterocycles. The number of rotatable bonds is 4. The normalized spacial score (nSPS) is 10.4. The van der Waals surface area contributed by atoms with Gasteiger partial charge in [-0.2, -0.15) is 5.10 Å². The first kappa shape index (κ1) is 12.8. The van der Waals surface area contributed by atoms with Gasteiger partial charge in [-0.05, 0) is 12.5 Å². The predicted molar refractivity (Wildman–Crippen MR) is 66.4 cm³/mol. The van der Waals surface area contributed by atoms with Crippen LogP contribution in [-0.2, 0) is 6.54 Å². The molecule has 0 unspecified atom stereocenters. The molecule has 2 N–H and O–H groups in total. The van der Waals surface area contributed by atoms with E-state index >= 15 is 0 Å². The van der Waals surface area contributed by atoms with Crippen molar-refractivity contribution in [2.75, 3.05) is 0 Å². The monoisotopic (exact) mass is 260 g/mol. The molecule has 98 valence electrons. The minimum atomic E-state index is -1.34. The lowest BCUT2D eigenvalue weighted by molar-refractivity contribution is 0.0647. The van der Waals surface area contributed by atoms with Crippen LogP contribution in [0.15, 0.2) is 30.3 Å². The lowest BCUT2D eigenvalue weighted by Crippen LogP contribution is -2.07. The van der Waals surface area contributed by atoms with Gasteiger partial charge in [0.25, 0.3) is 0 Å². The number of carboxylic acids is 2. The van der Waals surface area contributed by atoms with E-state index in [1.54, 1.807) is 6.92 Å². The summed E-state index contributed by atoms with van der Waals surface area (Å²) in [5, 5.41) is 21.9. The third-order valence-corrected chi connectivity index (χ3v) is 2.80. The van der Waals surface area contributed by atoms with Crippen molar-refractivity contribution in [3.63, 3.8) is 0 Å². The van der Waals surface area contributed by atoms with Crippen molar-refractivity contribution in [3.05, 3.63) is 52.8 Å². The number of hydrogen-bond donors (Lipinski definition) is 2. The number of aromatic carboxylic acids is 2. The fourth-order valence-electron chi connectivity index (χ4n) is 1.86. The van der Waals surface area contributed by atoms with Gasteiger partial charge in [0, 0.05) is 0 Å². The molecule has 0 saturated heterocycles. The highest BCUT2D eigenvalue weighted by Crippen LogP contribution is 2.15. The van der Waals surface area contributed by atoms with E-state index in [4.69, 9.17) is 10.2 Å². The second-order valence-corrected chi connectivity index (χ2v) is 4.06. The summed E-state index contributed by atoms with van der Waals surface area (Å²) in [6, 6.07) is 9.30. The molecule has 6 nitrogen and oxygen atoms in total. The van der Waals surface area contributed by atoms with Crippen LogP contribution in [0.1, 0.15) is 32.1 Å². The van der Waals surface area contributed by atoms with Crippen LogP contribution in [0.3, 0.4) is 0 Å². The molecular formula is C13H12N2O4. The molecule has 1 aromatic carbocycles. The standard InChI is InChI=1S/C13H12N2O4/c1-8-10(12(16)17)11(13(18)19)14-15(8)7-9-5-3-2-4-6-9/h2-6H,7H2,1H3,(H,16,17)(H,18,19). The van der Waals surface area contributed by atoms with Crippen LogP contribution >= 0.6 is 0 Å². The van der Waals surface area contributed by atoms with Crippen LogP contribution in [-0.4, -0.2) is 31.9 Å². The average molecular weight is 260 g/mol. The first-order chi connectivity index (χ1) is 9.00. The number of carboxylic acid groups (broad SMARTS) is 2. The summed E-state index contributed by atoms with van der Waals surface area (Å²) in [5.74, 6) is -2.62. The molecular weight excluding hydrogens is 248 g/mol. The maximum Gasteiger partial charge on any atom is 0.357 e. The fraction of sp³-hybridized carbons (Fsp3) is 0.154. The van der Waals surface area contributed by atoms with Gasteiger partial charge in [-0.15, -0.1) is 0 Å². The molecule has 0 bridgehead atoms. The Balaban J connectivity index is 2.45. The molecule has 0 fully saturated rings. The number of benzene rings is 1. The summed E-state index contributed by atoms with van der Waals surface area (Å²) in [4.78, 5) is 22.1. The second kappa shape index (κ2) is 4.93. The van der Waals surface area contributed by atoms with Gasteiger partial charge in [0.05, 0.1) is 12.2 Å². The summed E-state index contributed by atoms with van der Waals surface area (Å²) in [6.45, 7) is 1.88. The fourth-order valence-corrected chi connectivity index (χ4v) is 1.86. The average Bonchev–Trinajstić information content (AvgIpc) is 2.68. The molecule has 0 atom stereocenters. The van der Waals surface area contributed by atoms with Crippen molar-refractivity contribution in [2.24, 2.45) is 0 Å². The summed E-state index contributed by atoms with van der Waals surface area (Å²) in [5.41, 5.74) is 0.556. The Morgan fingerprint density at radius 3 is 2.26 bits per heavy atom. The lowest BCUT2D eigenvalue weighted by atomic mass is 10.2. The third-order valence-electron chi connectivity index (χ3n) is 2.80. The van der Waals surface area contributed by atoms with Crippen LogP contribution in [0.25, 0.3) is 0 Å². The van der Waals surface area contributed by atoms with Gasteiger partial charge < -0.3 is 10.2 Å². The van der Waals surface area contributed by atoms with Gasteiger partial charge in [-0.25, -0.2) is 9.59 Å². The third kappa shape index (κ3) is 2.47. The molecule has 6 heteroatoms. The highest BCUT2D eigenvalue weighted by Gasteiger charge is 2.25. The zero-order valence-electron chi connectivity index (χ0n) is 10.2. The molecule has 0 amide bonds. The Morgan fingerprint density at radius 1 is 1.16 bits per heavy atom. The summed E-state index contributed by atoms with van der Waals surface area (Å²) in [6.07, 6.45) is 0. The van der Waals surface area contributed by atoms with E-state index in [1.807, 2.05) is 30.3 Å². The Kier molecular flexibility index (Phi) is 3.33. The van der Waals surface area contributed by atoms with Crippen LogP contribution in [0.2, 0.25) is 0 Å². The molecule has 0 aliphatic carbocycles. The topological polar surface area (TPSA) is 92.4 Å². The molecule has 2 aromatic rings. The van der Waals surface area contributed by atoms with Crippen LogP contribution < -0.4 is 0 Å². The summed E-state index contributed by atoms with van der Waals surface area (Å²) >= 11 is 0. The van der Waals surface area contributed by atoms with E-state index in [1.165, 1.54) is 4.68 Å². The zero-order chi connectivity index (χ0) is 14.0. The minimum absolute atomic E-state index is 0.261. The van der Waals surface area contributed by atoms with Gasteiger partial charge in [0.2, 0.25) is 0 Å². The highest BCUT2D eigenvalue weighted by molar-refractivity contribution is 6.01. The minimum Gasteiger partial charge on any atom is -0.478 e. The van der Waals surface area contributed by atoms with Crippen LogP contribution in [0, 0.1) is 6.92 Å². The van der Waals surface area contributed by atoms with Crippen LogP contribution in [0.5, 0.6) is 0 Å². The largest absolute Gasteiger partial charge is 0.478 e. The van der Waals surface area contributed by atoms with Crippen molar-refractivity contribution >= 4 is 11.9 Å². The Bertz CT molecular complexity index is 632. The maximum absolute atomic E-state index is 11.1. The maximum atomic E-state index is 11.1. The second-order valence-electron chi connectivity index (χ2n) is 4.06. The van der Waals surface area contributed by atoms with E-state index in [9.17, 15) is 9.59 Å². The Hall–Kier alpha value is -2.63. The van der Waals surface area contributed by atoms with Gasteiger partial charge in [0.15, 0.2) is 5.69 Å². The number of aromatic nitrogens is 2. The van der Waals surface area contributed by atoms with Crippen molar-refractivity contribution in [3.8, 4) is 0 Å². The first-order valence-corrected chi connectivity index (χ1v) is 5.58. The predicted octanol–water partition coefficient (Wildman–Crippen LogP) is 1.64. The Morgan fingerprint density at radius 2 is 1.79 bits per heavy atom. The van der Waals surface area contributed by atoms with Crippen molar-refractivity contribution < 1.29 is 19.8 Å². The molecule has 2 rings (SSSR count). The summed E-state index contributed by atoms with van der Waals surface area (Å²) < 4.78 is 1.39. The molecule has 0 aliphatic heterocycles. The van der Waals surface area contributed by atoms with Gasteiger partial charge in [0.1, 0.15) is 5.56 Å². The zero-order valence-corrected chi connectivity index (χ0v) is 10.2. The van der Waals surface area contributed by atoms with Crippen LogP contribution in [0.4, 0.5) is 0 Å². The molecule has 19 heavy (non-hydrogen) atoms. The van der Waals surface area contributed by atoms with E-state index < -0.39 is 17.6 Å². The molecule has 0 radical (unpaired) electrons.